The van der Waals surface area contributed by atoms with E-state index in [1.54, 1.807) is 25.1 Å². The fourth-order valence-electron chi connectivity index (χ4n) is 1.04. The van der Waals surface area contributed by atoms with Gasteiger partial charge in [0, 0.05) is 20.6 Å². The summed E-state index contributed by atoms with van der Waals surface area (Å²) in [5, 5.41) is 3.10. The van der Waals surface area contributed by atoms with E-state index >= 15 is 0 Å². The van der Waals surface area contributed by atoms with Crippen molar-refractivity contribution >= 4 is 5.91 Å². The smallest absolute Gasteiger partial charge is 0.243 e. The van der Waals surface area contributed by atoms with Crippen molar-refractivity contribution in [3.8, 4) is 0 Å². The van der Waals surface area contributed by atoms with Crippen molar-refractivity contribution in [2.75, 3.05) is 20.6 Å². The molecule has 1 rings (SSSR count). The van der Waals surface area contributed by atoms with Gasteiger partial charge in [-0.2, -0.15) is 0 Å². The lowest BCUT2D eigenvalue weighted by molar-refractivity contribution is -0.129. The fourth-order valence-corrected chi connectivity index (χ4v) is 1.04. The van der Waals surface area contributed by atoms with Crippen LogP contribution in [0.4, 0.5) is 0 Å². The Balaban J connectivity index is 2.68. The van der Waals surface area contributed by atoms with Crippen molar-refractivity contribution in [2.24, 2.45) is 0 Å². The molecule has 0 aromatic carbocycles. The molecule has 1 unspecified atom stereocenters. The molecule has 1 heterocycles. The summed E-state index contributed by atoms with van der Waals surface area (Å²) < 4.78 is 0. The molecule has 12 heavy (non-hydrogen) atoms. The third kappa shape index (κ3) is 1.97. The summed E-state index contributed by atoms with van der Waals surface area (Å²) in [5.74, 6) is 0.0787. The molecule has 1 atom stereocenters. The van der Waals surface area contributed by atoms with Gasteiger partial charge in [0.25, 0.3) is 0 Å². The van der Waals surface area contributed by atoms with E-state index in [1.165, 1.54) is 0 Å². The molecule has 0 saturated carbocycles. The van der Waals surface area contributed by atoms with Crippen LogP contribution in [0.1, 0.15) is 6.92 Å². The van der Waals surface area contributed by atoms with Crippen LogP contribution in [-0.4, -0.2) is 37.5 Å². The highest BCUT2D eigenvalue weighted by molar-refractivity contribution is 5.83. The van der Waals surface area contributed by atoms with E-state index in [-0.39, 0.29) is 11.9 Å². The zero-order valence-electron chi connectivity index (χ0n) is 7.72. The van der Waals surface area contributed by atoms with Crippen molar-refractivity contribution in [3.05, 3.63) is 17.4 Å². The summed E-state index contributed by atoms with van der Waals surface area (Å²) in [6, 6.07) is -0.191. The maximum absolute atomic E-state index is 11.4. The van der Waals surface area contributed by atoms with Gasteiger partial charge >= 0.3 is 0 Å². The Bertz CT molecular complexity index is 249. The first-order chi connectivity index (χ1) is 5.61. The molecular weight excluding hydrogens is 152 g/mol. The number of hydrogen-bond acceptors (Lipinski definition) is 2. The van der Waals surface area contributed by atoms with Crippen LogP contribution in [-0.2, 0) is 4.79 Å². The first-order valence-electron chi connectivity index (χ1n) is 3.98. The third-order valence-corrected chi connectivity index (χ3v) is 1.79. The van der Waals surface area contributed by atoms with Crippen LogP contribution in [0.15, 0.2) is 17.4 Å². The molecule has 0 saturated heterocycles. The van der Waals surface area contributed by atoms with Gasteiger partial charge in [-0.15, -0.1) is 5.73 Å². The molecule has 0 fully saturated rings. The Morgan fingerprint density at radius 2 is 2.42 bits per heavy atom. The number of carbonyl (C=O) groups is 1. The molecule has 0 aliphatic carbocycles. The molecular formula is C9H14N2O. The zero-order valence-corrected chi connectivity index (χ0v) is 7.72. The third-order valence-electron chi connectivity index (χ3n) is 1.79. The molecule has 1 amide bonds. The summed E-state index contributed by atoms with van der Waals surface area (Å²) in [6.45, 7) is 2.74. The topological polar surface area (TPSA) is 32.3 Å². The molecule has 1 aliphatic heterocycles. The van der Waals surface area contributed by atoms with E-state index in [2.05, 4.69) is 11.0 Å². The average molecular weight is 166 g/mol. The highest BCUT2D eigenvalue weighted by Gasteiger charge is 2.17. The van der Waals surface area contributed by atoms with Gasteiger partial charge in [0.2, 0.25) is 5.91 Å². The van der Waals surface area contributed by atoms with Crippen molar-refractivity contribution in [2.45, 2.75) is 13.0 Å². The van der Waals surface area contributed by atoms with E-state index < -0.39 is 0 Å². The second kappa shape index (κ2) is 3.57. The minimum Gasteiger partial charge on any atom is -0.347 e. The van der Waals surface area contributed by atoms with Crippen LogP contribution in [0.3, 0.4) is 0 Å². The Hall–Kier alpha value is -1.05. The highest BCUT2D eigenvalue weighted by atomic mass is 16.2. The number of hydrogen-bond donors (Lipinski definition) is 1. The molecule has 0 bridgehead atoms. The number of likely N-dealkylation sites (N-methyl/N-ethyl adjacent to an activating group) is 1. The lowest BCUT2D eigenvalue weighted by Crippen LogP contribution is -2.43. The average Bonchev–Trinajstić information content (AvgIpc) is 2.04. The normalized spacial score (nSPS) is 21.9. The van der Waals surface area contributed by atoms with Gasteiger partial charge in [-0.3, -0.25) is 10.1 Å². The molecule has 0 spiro atoms. The second-order valence-corrected chi connectivity index (χ2v) is 3.18. The monoisotopic (exact) mass is 166 g/mol. The van der Waals surface area contributed by atoms with Gasteiger partial charge in [0.1, 0.15) is 6.04 Å². The first-order valence-corrected chi connectivity index (χ1v) is 3.98. The molecule has 0 aromatic rings. The molecule has 0 aromatic heterocycles. The Kier molecular flexibility index (Phi) is 2.69. The summed E-state index contributed by atoms with van der Waals surface area (Å²) in [7, 11) is 3.51. The highest BCUT2D eigenvalue weighted by Crippen LogP contribution is 1.99. The summed E-state index contributed by atoms with van der Waals surface area (Å²) in [5.41, 5.74) is 4.19. The summed E-state index contributed by atoms with van der Waals surface area (Å²) >= 11 is 0. The minimum absolute atomic E-state index is 0.0787. The van der Waals surface area contributed by atoms with Crippen molar-refractivity contribution < 1.29 is 4.79 Å². The summed E-state index contributed by atoms with van der Waals surface area (Å²) in [4.78, 5) is 13.0. The fraction of sp³-hybridized carbons (Fsp3) is 0.556. The van der Waals surface area contributed by atoms with E-state index in [1.807, 2.05) is 6.92 Å². The van der Waals surface area contributed by atoms with Gasteiger partial charge in [-0.1, -0.05) is 0 Å². The zero-order chi connectivity index (χ0) is 9.14. The van der Waals surface area contributed by atoms with Crippen LogP contribution in [0.5, 0.6) is 0 Å². The second-order valence-electron chi connectivity index (χ2n) is 3.18. The lowest BCUT2D eigenvalue weighted by atomic mass is 10.1. The van der Waals surface area contributed by atoms with Crippen LogP contribution >= 0.6 is 0 Å². The van der Waals surface area contributed by atoms with E-state index in [0.29, 0.717) is 0 Å². The number of nitrogens with one attached hydrogen (secondary N) is 1. The van der Waals surface area contributed by atoms with E-state index in [4.69, 9.17) is 0 Å². The van der Waals surface area contributed by atoms with Gasteiger partial charge in [0.15, 0.2) is 0 Å². The number of amides is 1. The van der Waals surface area contributed by atoms with E-state index in [0.717, 1.165) is 12.1 Å². The quantitative estimate of drug-likeness (QED) is 0.562. The Morgan fingerprint density at radius 1 is 1.75 bits per heavy atom. The maximum Gasteiger partial charge on any atom is 0.243 e. The van der Waals surface area contributed by atoms with E-state index in [9.17, 15) is 4.79 Å². The van der Waals surface area contributed by atoms with Crippen LogP contribution in [0.2, 0.25) is 0 Å². The molecule has 1 aliphatic rings. The SMILES string of the molecule is CC1=C=CC(C(=O)N(C)C)NC1. The molecule has 66 valence electrons. The van der Waals surface area contributed by atoms with Gasteiger partial charge in [0.05, 0.1) is 0 Å². The van der Waals surface area contributed by atoms with Crippen molar-refractivity contribution in [3.63, 3.8) is 0 Å². The predicted molar refractivity (Wildman–Crippen MR) is 47.8 cm³/mol. The number of nitrogens with zero attached hydrogens (tertiary/aromatic N) is 1. The van der Waals surface area contributed by atoms with Gasteiger partial charge in [-0.25, -0.2) is 0 Å². The minimum atomic E-state index is -0.191. The molecule has 3 heteroatoms. The van der Waals surface area contributed by atoms with Crippen LogP contribution in [0, 0.1) is 0 Å². The van der Waals surface area contributed by atoms with Crippen LogP contribution < -0.4 is 5.32 Å². The largest absolute Gasteiger partial charge is 0.347 e. The molecule has 0 radical (unpaired) electrons. The number of carbonyl (C=O) groups excluding carboxylic acids is 1. The molecule has 3 nitrogen and oxygen atoms in total. The first kappa shape index (κ1) is 9.04. The lowest BCUT2D eigenvalue weighted by Gasteiger charge is -2.20. The van der Waals surface area contributed by atoms with Gasteiger partial charge in [-0.05, 0) is 18.6 Å². The van der Waals surface area contributed by atoms with Crippen LogP contribution in [0.25, 0.3) is 0 Å². The Labute approximate surface area is 72.7 Å². The number of rotatable bonds is 1. The van der Waals surface area contributed by atoms with Crippen molar-refractivity contribution in [1.29, 1.82) is 0 Å². The maximum atomic E-state index is 11.4. The molecule has 1 N–H and O–H groups in total. The summed E-state index contributed by atoms with van der Waals surface area (Å²) in [6.07, 6.45) is 1.78. The Morgan fingerprint density at radius 3 is 2.83 bits per heavy atom. The van der Waals surface area contributed by atoms with Crippen molar-refractivity contribution in [1.82, 2.24) is 10.2 Å². The standard InChI is InChI=1S/C9H14N2O/c1-7-4-5-8(10-6-7)9(12)11(2)3/h5,8,10H,6H2,1-3H3. The van der Waals surface area contributed by atoms with Gasteiger partial charge < -0.3 is 4.90 Å². The predicted octanol–water partition coefficient (Wildman–Crippen LogP) is 0.148.